The second-order valence-corrected chi connectivity index (χ2v) is 5.64. The molecule has 8 heteroatoms. The maximum Gasteiger partial charge on any atom is 0.416 e. The van der Waals surface area contributed by atoms with Gasteiger partial charge in [-0.05, 0) is 53.7 Å². The van der Waals surface area contributed by atoms with Crippen molar-refractivity contribution in [1.29, 1.82) is 0 Å². The monoisotopic (exact) mass is 362 g/mol. The van der Waals surface area contributed by atoms with Crippen LogP contribution >= 0.6 is 23.8 Å². The zero-order valence-electron chi connectivity index (χ0n) is 11.5. The van der Waals surface area contributed by atoms with Gasteiger partial charge >= 0.3 is 6.18 Å². The van der Waals surface area contributed by atoms with Crippen LogP contribution < -0.4 is 11.1 Å². The van der Waals surface area contributed by atoms with Crippen LogP contribution in [0.15, 0.2) is 42.5 Å². The first-order chi connectivity index (χ1) is 10.7. The van der Waals surface area contributed by atoms with Crippen molar-refractivity contribution in [2.75, 3.05) is 0 Å². The van der Waals surface area contributed by atoms with Crippen LogP contribution in [0.2, 0.25) is 5.02 Å². The molecule has 2 rings (SSSR count). The molecule has 2 aromatic carbocycles. The highest BCUT2D eigenvalue weighted by Crippen LogP contribution is 2.33. The third-order valence-corrected chi connectivity index (χ3v) is 3.44. The molecule has 0 fully saturated rings. The predicted octanol–water partition coefficient (Wildman–Crippen LogP) is 4.42. The van der Waals surface area contributed by atoms with Crippen molar-refractivity contribution in [3.8, 4) is 0 Å². The third kappa shape index (κ3) is 4.56. The van der Waals surface area contributed by atoms with Gasteiger partial charge in [-0.25, -0.2) is 4.39 Å². The number of thiocarbonyl (C=S) groups is 1. The van der Waals surface area contributed by atoms with E-state index in [1.165, 1.54) is 0 Å². The first-order valence-corrected chi connectivity index (χ1v) is 7.14. The summed E-state index contributed by atoms with van der Waals surface area (Å²) in [5.74, 6) is -1.00. The molecule has 1 unspecified atom stereocenters. The maximum absolute atomic E-state index is 13.6. The molecule has 0 aliphatic rings. The van der Waals surface area contributed by atoms with Crippen LogP contribution in [0.25, 0.3) is 0 Å². The second kappa shape index (κ2) is 6.72. The first-order valence-electron chi connectivity index (χ1n) is 6.36. The lowest BCUT2D eigenvalue weighted by atomic mass is 9.97. The molecular weight excluding hydrogens is 352 g/mol. The fourth-order valence-electron chi connectivity index (χ4n) is 2.10. The average molecular weight is 363 g/mol. The Balaban J connectivity index is 2.53. The number of nitrogens with two attached hydrogens (primary N) is 1. The lowest BCUT2D eigenvalue weighted by molar-refractivity contribution is -0.137. The van der Waals surface area contributed by atoms with E-state index in [-0.39, 0.29) is 10.7 Å². The van der Waals surface area contributed by atoms with Crippen molar-refractivity contribution in [3.05, 3.63) is 70.0 Å². The molecule has 0 heterocycles. The summed E-state index contributed by atoms with van der Waals surface area (Å²) in [6, 6.07) is 7.77. The molecule has 2 nitrogen and oxygen atoms in total. The highest BCUT2D eigenvalue weighted by Gasteiger charge is 2.32. The Hall–Kier alpha value is -1.86. The summed E-state index contributed by atoms with van der Waals surface area (Å²) in [7, 11) is 0. The lowest BCUT2D eigenvalue weighted by Gasteiger charge is -2.21. The number of rotatable bonds is 3. The fourth-order valence-corrected chi connectivity index (χ4v) is 2.34. The highest BCUT2D eigenvalue weighted by molar-refractivity contribution is 7.80. The van der Waals surface area contributed by atoms with E-state index in [4.69, 9.17) is 29.6 Å². The molecule has 0 spiro atoms. The number of hydrogen-bond donors (Lipinski definition) is 2. The van der Waals surface area contributed by atoms with E-state index in [1.54, 1.807) is 24.3 Å². The normalized spacial score (nSPS) is 12.7. The number of benzene rings is 2. The number of halogens is 5. The zero-order valence-corrected chi connectivity index (χ0v) is 13.1. The molecule has 0 bridgehead atoms. The molecule has 1 atom stereocenters. The summed E-state index contributed by atoms with van der Waals surface area (Å²) in [6.07, 6.45) is -4.66. The maximum atomic E-state index is 13.6. The lowest BCUT2D eigenvalue weighted by Crippen LogP contribution is -2.33. The zero-order chi connectivity index (χ0) is 17.2. The minimum absolute atomic E-state index is 0.0486. The van der Waals surface area contributed by atoms with Crippen LogP contribution in [0.4, 0.5) is 17.6 Å². The Morgan fingerprint density at radius 3 is 2.22 bits per heavy atom. The Labute approximate surface area is 140 Å². The van der Waals surface area contributed by atoms with Crippen LogP contribution in [-0.2, 0) is 6.18 Å². The molecule has 0 aromatic heterocycles. The number of alkyl halides is 3. The van der Waals surface area contributed by atoms with E-state index in [0.29, 0.717) is 16.7 Å². The molecule has 0 saturated heterocycles. The summed E-state index contributed by atoms with van der Waals surface area (Å²) in [6.45, 7) is 0. The molecule has 2 aromatic rings. The van der Waals surface area contributed by atoms with Crippen LogP contribution in [0, 0.1) is 5.82 Å². The van der Waals surface area contributed by atoms with Gasteiger partial charge in [0.25, 0.3) is 0 Å². The SMILES string of the molecule is NC(=S)NC(c1ccc(Cl)cc1)c1cc(F)cc(C(F)(F)F)c1. The molecule has 0 amide bonds. The van der Waals surface area contributed by atoms with E-state index in [2.05, 4.69) is 5.32 Å². The van der Waals surface area contributed by atoms with Crippen LogP contribution in [-0.4, -0.2) is 5.11 Å². The van der Waals surface area contributed by atoms with E-state index in [9.17, 15) is 17.6 Å². The molecule has 0 aliphatic heterocycles. The van der Waals surface area contributed by atoms with Crippen molar-refractivity contribution < 1.29 is 17.6 Å². The van der Waals surface area contributed by atoms with Gasteiger partial charge < -0.3 is 11.1 Å². The Bertz CT molecular complexity index is 716. The quantitative estimate of drug-likeness (QED) is 0.627. The van der Waals surface area contributed by atoms with Gasteiger partial charge in [0.2, 0.25) is 0 Å². The van der Waals surface area contributed by atoms with Gasteiger partial charge in [0.15, 0.2) is 5.11 Å². The molecule has 3 N–H and O–H groups in total. The molecule has 122 valence electrons. The Morgan fingerprint density at radius 1 is 1.09 bits per heavy atom. The Morgan fingerprint density at radius 2 is 1.70 bits per heavy atom. The van der Waals surface area contributed by atoms with Gasteiger partial charge in [0.1, 0.15) is 5.82 Å². The van der Waals surface area contributed by atoms with E-state index >= 15 is 0 Å². The first kappa shape index (κ1) is 17.5. The Kier molecular flexibility index (Phi) is 5.11. The van der Waals surface area contributed by atoms with Crippen molar-refractivity contribution in [3.63, 3.8) is 0 Å². The second-order valence-electron chi connectivity index (χ2n) is 4.76. The van der Waals surface area contributed by atoms with Crippen LogP contribution in [0.5, 0.6) is 0 Å². The van der Waals surface area contributed by atoms with Gasteiger partial charge in [0.05, 0.1) is 11.6 Å². The summed E-state index contributed by atoms with van der Waals surface area (Å²) in [4.78, 5) is 0. The largest absolute Gasteiger partial charge is 0.416 e. The minimum Gasteiger partial charge on any atom is -0.376 e. The van der Waals surface area contributed by atoms with E-state index in [1.807, 2.05) is 0 Å². The van der Waals surface area contributed by atoms with Gasteiger partial charge in [-0.15, -0.1) is 0 Å². The summed E-state index contributed by atoms with van der Waals surface area (Å²) >= 11 is 10.6. The highest BCUT2D eigenvalue weighted by atomic mass is 35.5. The molecule has 0 aliphatic carbocycles. The van der Waals surface area contributed by atoms with E-state index < -0.39 is 23.6 Å². The topological polar surface area (TPSA) is 38.0 Å². The summed E-state index contributed by atoms with van der Waals surface area (Å²) in [5.41, 5.74) is 4.94. The van der Waals surface area contributed by atoms with Gasteiger partial charge in [-0.3, -0.25) is 0 Å². The number of nitrogens with one attached hydrogen (secondary N) is 1. The van der Waals surface area contributed by atoms with Crippen molar-refractivity contribution in [2.24, 2.45) is 5.73 Å². The summed E-state index contributed by atoms with van der Waals surface area (Å²) < 4.78 is 52.2. The van der Waals surface area contributed by atoms with Crippen molar-refractivity contribution in [2.45, 2.75) is 12.2 Å². The molecule has 0 radical (unpaired) electrons. The summed E-state index contributed by atoms with van der Waals surface area (Å²) in [5, 5.41) is 3.00. The molecule has 23 heavy (non-hydrogen) atoms. The van der Waals surface area contributed by atoms with E-state index in [0.717, 1.165) is 12.1 Å². The molecule has 0 saturated carbocycles. The third-order valence-electron chi connectivity index (χ3n) is 3.07. The van der Waals surface area contributed by atoms with Crippen molar-refractivity contribution in [1.82, 2.24) is 5.32 Å². The number of hydrogen-bond acceptors (Lipinski definition) is 1. The minimum atomic E-state index is -4.66. The van der Waals surface area contributed by atoms with Gasteiger partial charge in [0, 0.05) is 5.02 Å². The smallest absolute Gasteiger partial charge is 0.376 e. The van der Waals surface area contributed by atoms with Crippen LogP contribution in [0.1, 0.15) is 22.7 Å². The predicted molar refractivity (Wildman–Crippen MR) is 84.6 cm³/mol. The van der Waals surface area contributed by atoms with Crippen molar-refractivity contribution >= 4 is 28.9 Å². The average Bonchev–Trinajstić information content (AvgIpc) is 2.44. The standard InChI is InChI=1S/C15H11ClF4N2S/c16-11-3-1-8(2-4-11)13(22-14(21)23)9-5-10(15(18,19)20)7-12(17)6-9/h1-7,13H,(H3,21,22,23). The van der Waals surface area contributed by atoms with Gasteiger partial charge in [-0.2, -0.15) is 13.2 Å². The molecular formula is C15H11ClF4N2S. The fraction of sp³-hybridized carbons (Fsp3) is 0.133. The van der Waals surface area contributed by atoms with Crippen LogP contribution in [0.3, 0.4) is 0 Å². The van der Waals surface area contributed by atoms with Gasteiger partial charge in [-0.1, -0.05) is 23.7 Å².